The van der Waals surface area contributed by atoms with E-state index in [1.807, 2.05) is 43.3 Å². The first kappa shape index (κ1) is 19.8. The Kier molecular flexibility index (Phi) is 5.37. The molecule has 0 aliphatic rings. The third-order valence-corrected chi connectivity index (χ3v) is 4.95. The molecule has 2 aromatic heterocycles. The van der Waals surface area contributed by atoms with Crippen LogP contribution in [-0.4, -0.2) is 25.5 Å². The highest BCUT2D eigenvalue weighted by molar-refractivity contribution is 6.30. The molecule has 0 aliphatic heterocycles. The van der Waals surface area contributed by atoms with Gasteiger partial charge in [-0.3, -0.25) is 14.7 Å². The number of hydrogen-bond donors (Lipinski definition) is 1. The van der Waals surface area contributed by atoms with Crippen molar-refractivity contribution in [2.75, 3.05) is 4.90 Å². The molecule has 2 aromatic carbocycles. The summed E-state index contributed by atoms with van der Waals surface area (Å²) in [5.74, 6) is 0.653. The van der Waals surface area contributed by atoms with Crippen molar-refractivity contribution in [2.45, 2.75) is 26.8 Å². The smallest absolute Gasteiger partial charge is 0.274 e. The molecule has 7 nitrogen and oxygen atoms in total. The fourth-order valence-electron chi connectivity index (χ4n) is 3.25. The third kappa shape index (κ3) is 4.26. The number of aromatic nitrogens is 4. The Morgan fingerprint density at radius 3 is 2.60 bits per heavy atom. The van der Waals surface area contributed by atoms with Crippen molar-refractivity contribution < 1.29 is 4.79 Å². The molecule has 0 aliphatic carbocycles. The van der Waals surface area contributed by atoms with E-state index in [1.54, 1.807) is 24.0 Å². The molecule has 1 amide bonds. The van der Waals surface area contributed by atoms with Gasteiger partial charge >= 0.3 is 0 Å². The summed E-state index contributed by atoms with van der Waals surface area (Å²) in [5.41, 5.74) is 3.00. The van der Waals surface area contributed by atoms with Gasteiger partial charge in [-0.2, -0.15) is 9.50 Å². The van der Waals surface area contributed by atoms with Crippen LogP contribution in [0.5, 0.6) is 0 Å². The maximum absolute atomic E-state index is 13.2. The Hall–Kier alpha value is -3.45. The minimum absolute atomic E-state index is 0.0973. The Labute approximate surface area is 178 Å². The molecule has 8 heteroatoms. The topological polar surface area (TPSA) is 83.4 Å². The molecule has 0 saturated carbocycles. The number of nitrogens with one attached hydrogen (secondary N) is 1. The van der Waals surface area contributed by atoms with Gasteiger partial charge in [0.25, 0.3) is 11.3 Å². The lowest BCUT2D eigenvalue weighted by Gasteiger charge is -2.22. The number of H-pyrrole nitrogens is 1. The maximum Gasteiger partial charge on any atom is 0.274 e. The normalized spacial score (nSPS) is 11.0. The van der Waals surface area contributed by atoms with Gasteiger partial charge in [0.15, 0.2) is 0 Å². The highest BCUT2D eigenvalue weighted by atomic mass is 35.5. The predicted molar refractivity (Wildman–Crippen MR) is 116 cm³/mol. The molecule has 0 fully saturated rings. The molecule has 2 heterocycles. The van der Waals surface area contributed by atoms with Gasteiger partial charge in [-0.15, -0.1) is 0 Å². The molecule has 0 atom stereocenters. The predicted octanol–water partition coefficient (Wildman–Crippen LogP) is 3.46. The first-order chi connectivity index (χ1) is 14.4. The molecule has 30 heavy (non-hydrogen) atoms. The van der Waals surface area contributed by atoms with Crippen molar-refractivity contribution in [3.63, 3.8) is 0 Å². The third-order valence-electron chi connectivity index (χ3n) is 4.70. The van der Waals surface area contributed by atoms with Gasteiger partial charge in [-0.1, -0.05) is 35.9 Å². The molecule has 0 bridgehead atoms. The zero-order valence-corrected chi connectivity index (χ0v) is 17.3. The second-order valence-electron chi connectivity index (χ2n) is 7.16. The van der Waals surface area contributed by atoms with Gasteiger partial charge in [0.1, 0.15) is 5.82 Å². The molecule has 1 N–H and O–H groups in total. The van der Waals surface area contributed by atoms with Crippen molar-refractivity contribution in [1.82, 2.24) is 19.6 Å². The number of hydrogen-bond acceptors (Lipinski definition) is 4. The fraction of sp³-hybridized carbons (Fsp3) is 0.182. The number of carbonyl (C=O) groups excluding carboxylic acids is 1. The van der Waals surface area contributed by atoms with Crippen LogP contribution in [0.3, 0.4) is 0 Å². The molecule has 4 aromatic rings. The summed E-state index contributed by atoms with van der Waals surface area (Å²) in [4.78, 5) is 35.7. The van der Waals surface area contributed by atoms with E-state index in [4.69, 9.17) is 11.6 Å². The first-order valence-corrected chi connectivity index (χ1v) is 9.83. The SMILES string of the molecule is Cc1cccc(N(Cc2nc3nc(C)cc(=O)n3[nH]2)C(=O)Cc2ccc(Cl)cc2)c1. The van der Waals surface area contributed by atoms with E-state index in [2.05, 4.69) is 15.1 Å². The Bertz CT molecular complexity index is 1280. The van der Waals surface area contributed by atoms with Crippen LogP contribution >= 0.6 is 11.6 Å². The van der Waals surface area contributed by atoms with Crippen LogP contribution in [0.2, 0.25) is 5.02 Å². The Morgan fingerprint density at radius 2 is 1.87 bits per heavy atom. The summed E-state index contributed by atoms with van der Waals surface area (Å²) in [7, 11) is 0. The summed E-state index contributed by atoms with van der Waals surface area (Å²) in [6.07, 6.45) is 0.211. The van der Waals surface area contributed by atoms with E-state index in [9.17, 15) is 9.59 Å². The van der Waals surface area contributed by atoms with E-state index >= 15 is 0 Å². The van der Waals surface area contributed by atoms with Crippen LogP contribution in [0.1, 0.15) is 22.6 Å². The van der Waals surface area contributed by atoms with Crippen molar-refractivity contribution in [3.8, 4) is 0 Å². The maximum atomic E-state index is 13.2. The van der Waals surface area contributed by atoms with Crippen molar-refractivity contribution in [1.29, 1.82) is 0 Å². The lowest BCUT2D eigenvalue weighted by Crippen LogP contribution is -2.32. The van der Waals surface area contributed by atoms with Gasteiger partial charge in [-0.05, 0) is 49.2 Å². The van der Waals surface area contributed by atoms with Crippen LogP contribution in [0.15, 0.2) is 59.4 Å². The monoisotopic (exact) mass is 421 g/mol. The number of amides is 1. The molecular weight excluding hydrogens is 402 g/mol. The molecule has 0 saturated heterocycles. The Balaban J connectivity index is 1.68. The quantitative estimate of drug-likeness (QED) is 0.535. The first-order valence-electron chi connectivity index (χ1n) is 9.46. The van der Waals surface area contributed by atoms with Crippen LogP contribution in [0.25, 0.3) is 5.78 Å². The van der Waals surface area contributed by atoms with Gasteiger partial charge in [0.2, 0.25) is 5.91 Å². The number of nitrogens with zero attached hydrogens (tertiary/aromatic N) is 4. The summed E-state index contributed by atoms with van der Waals surface area (Å²) >= 11 is 5.95. The van der Waals surface area contributed by atoms with Crippen LogP contribution in [-0.2, 0) is 17.8 Å². The number of benzene rings is 2. The van der Waals surface area contributed by atoms with Crippen molar-refractivity contribution in [3.05, 3.63) is 92.6 Å². The van der Waals surface area contributed by atoms with Crippen LogP contribution < -0.4 is 10.5 Å². The van der Waals surface area contributed by atoms with E-state index in [0.29, 0.717) is 16.5 Å². The van der Waals surface area contributed by atoms with Gasteiger partial charge in [0.05, 0.1) is 13.0 Å². The summed E-state index contributed by atoms with van der Waals surface area (Å²) in [6.45, 7) is 3.89. The standard InChI is InChI=1S/C22H20ClN5O2/c1-14-4-3-5-18(10-14)27(20(29)12-16-6-8-17(23)9-7-16)13-19-25-22-24-15(2)11-21(30)28(22)26-19/h3-11H,12-13H2,1-2H3,(H,24,25,26). The van der Waals surface area contributed by atoms with Crippen LogP contribution in [0.4, 0.5) is 5.69 Å². The summed E-state index contributed by atoms with van der Waals surface area (Å²) in [6, 6.07) is 16.3. The minimum atomic E-state index is -0.245. The van der Waals surface area contributed by atoms with E-state index in [1.165, 1.54) is 10.6 Å². The zero-order chi connectivity index (χ0) is 21.3. The van der Waals surface area contributed by atoms with E-state index < -0.39 is 0 Å². The largest absolute Gasteiger partial charge is 0.305 e. The zero-order valence-electron chi connectivity index (χ0n) is 16.6. The van der Waals surface area contributed by atoms with Crippen molar-refractivity contribution >= 4 is 29.0 Å². The lowest BCUT2D eigenvalue weighted by atomic mass is 10.1. The molecular formula is C22H20ClN5O2. The highest BCUT2D eigenvalue weighted by Gasteiger charge is 2.19. The summed E-state index contributed by atoms with van der Waals surface area (Å²) in [5, 5.41) is 3.57. The number of rotatable bonds is 5. The molecule has 152 valence electrons. The molecule has 4 rings (SSSR count). The van der Waals surface area contributed by atoms with Crippen LogP contribution in [0, 0.1) is 13.8 Å². The van der Waals surface area contributed by atoms with Gasteiger partial charge in [0, 0.05) is 22.5 Å². The second-order valence-corrected chi connectivity index (χ2v) is 7.60. The second kappa shape index (κ2) is 8.12. The number of carbonyl (C=O) groups is 1. The number of anilines is 1. The highest BCUT2D eigenvalue weighted by Crippen LogP contribution is 2.20. The fourth-order valence-corrected chi connectivity index (χ4v) is 3.37. The average molecular weight is 422 g/mol. The van der Waals surface area contributed by atoms with E-state index in [-0.39, 0.29) is 30.2 Å². The van der Waals surface area contributed by atoms with Gasteiger partial charge in [-0.25, -0.2) is 4.98 Å². The Morgan fingerprint density at radius 1 is 1.10 bits per heavy atom. The van der Waals surface area contributed by atoms with Gasteiger partial charge < -0.3 is 4.90 Å². The summed E-state index contributed by atoms with van der Waals surface area (Å²) < 4.78 is 1.28. The average Bonchev–Trinajstić information content (AvgIpc) is 3.11. The molecule has 0 radical (unpaired) electrons. The number of halogens is 1. The molecule has 0 spiro atoms. The van der Waals surface area contributed by atoms with Crippen molar-refractivity contribution in [2.24, 2.45) is 0 Å². The number of aryl methyl sites for hydroxylation is 2. The number of aromatic amines is 1. The number of fused-ring (bicyclic) bond motifs is 1. The van der Waals surface area contributed by atoms with E-state index in [0.717, 1.165) is 16.8 Å². The molecule has 0 unspecified atom stereocenters. The lowest BCUT2D eigenvalue weighted by molar-refractivity contribution is -0.118. The minimum Gasteiger partial charge on any atom is -0.305 e.